The standard InChI is InChI=1S/C14H18N2O2/c1-2-6-14(17)16-12-7-5-8-13(11-12)18-10-4-3-9-15/h5,7-8,11H,2-4,6,10H2,1H3,(H,16,17). The summed E-state index contributed by atoms with van der Waals surface area (Å²) in [6, 6.07) is 9.36. The molecule has 0 saturated heterocycles. The van der Waals surface area contributed by atoms with E-state index in [0.29, 0.717) is 31.6 Å². The van der Waals surface area contributed by atoms with Gasteiger partial charge in [-0.2, -0.15) is 5.26 Å². The molecule has 0 unspecified atom stereocenters. The lowest BCUT2D eigenvalue weighted by Crippen LogP contribution is -2.10. The van der Waals surface area contributed by atoms with Gasteiger partial charge in [0, 0.05) is 24.6 Å². The van der Waals surface area contributed by atoms with Crippen LogP contribution in [-0.4, -0.2) is 12.5 Å². The Hall–Kier alpha value is -2.02. The lowest BCUT2D eigenvalue weighted by Gasteiger charge is -2.08. The van der Waals surface area contributed by atoms with Crippen molar-refractivity contribution in [2.24, 2.45) is 0 Å². The highest BCUT2D eigenvalue weighted by molar-refractivity contribution is 5.90. The summed E-state index contributed by atoms with van der Waals surface area (Å²) in [5.41, 5.74) is 0.742. The molecule has 1 rings (SSSR count). The van der Waals surface area contributed by atoms with Crippen LogP contribution in [0.15, 0.2) is 24.3 Å². The van der Waals surface area contributed by atoms with Gasteiger partial charge in [-0.15, -0.1) is 0 Å². The van der Waals surface area contributed by atoms with Gasteiger partial charge in [0.15, 0.2) is 0 Å². The molecule has 0 radical (unpaired) electrons. The first kappa shape index (κ1) is 14.0. The number of unbranched alkanes of at least 4 members (excludes halogenated alkanes) is 1. The zero-order chi connectivity index (χ0) is 13.2. The third-order valence-electron chi connectivity index (χ3n) is 2.30. The minimum absolute atomic E-state index is 0.0131. The second kappa shape index (κ2) is 8.13. The molecule has 0 fully saturated rings. The number of rotatable bonds is 7. The second-order valence-corrected chi connectivity index (χ2v) is 3.94. The van der Waals surface area contributed by atoms with Crippen molar-refractivity contribution in [2.45, 2.75) is 32.6 Å². The van der Waals surface area contributed by atoms with Crippen molar-refractivity contribution in [1.29, 1.82) is 5.26 Å². The summed E-state index contributed by atoms with van der Waals surface area (Å²) >= 11 is 0. The predicted molar refractivity (Wildman–Crippen MR) is 70.3 cm³/mol. The number of nitrogens with zero attached hydrogens (tertiary/aromatic N) is 1. The average Bonchev–Trinajstić information content (AvgIpc) is 2.35. The molecule has 0 aliphatic carbocycles. The van der Waals surface area contributed by atoms with E-state index in [2.05, 4.69) is 11.4 Å². The largest absolute Gasteiger partial charge is 0.493 e. The normalized spacial score (nSPS) is 9.56. The first-order valence-electron chi connectivity index (χ1n) is 6.16. The molecule has 4 nitrogen and oxygen atoms in total. The zero-order valence-electron chi connectivity index (χ0n) is 10.6. The smallest absolute Gasteiger partial charge is 0.224 e. The summed E-state index contributed by atoms with van der Waals surface area (Å²) in [6.07, 6.45) is 2.55. The number of amides is 1. The fourth-order valence-electron chi connectivity index (χ4n) is 1.46. The van der Waals surface area contributed by atoms with Crippen LogP contribution < -0.4 is 10.1 Å². The third kappa shape index (κ3) is 5.35. The van der Waals surface area contributed by atoms with E-state index in [1.807, 2.05) is 25.1 Å². The van der Waals surface area contributed by atoms with E-state index < -0.39 is 0 Å². The van der Waals surface area contributed by atoms with Crippen LogP contribution in [0.1, 0.15) is 32.6 Å². The van der Waals surface area contributed by atoms with E-state index in [4.69, 9.17) is 10.00 Å². The van der Waals surface area contributed by atoms with Crippen LogP contribution in [0.3, 0.4) is 0 Å². The summed E-state index contributed by atoms with van der Waals surface area (Å²) in [4.78, 5) is 11.4. The van der Waals surface area contributed by atoms with Gasteiger partial charge in [-0.05, 0) is 25.0 Å². The highest BCUT2D eigenvalue weighted by Crippen LogP contribution is 2.17. The number of anilines is 1. The summed E-state index contributed by atoms with van der Waals surface area (Å²) < 4.78 is 5.49. The summed E-state index contributed by atoms with van der Waals surface area (Å²) in [6.45, 7) is 2.48. The van der Waals surface area contributed by atoms with Gasteiger partial charge in [0.05, 0.1) is 12.7 Å². The van der Waals surface area contributed by atoms with Crippen LogP contribution in [-0.2, 0) is 4.79 Å². The third-order valence-corrected chi connectivity index (χ3v) is 2.30. The molecule has 0 aliphatic rings. The predicted octanol–water partition coefficient (Wildman–Crippen LogP) is 3.11. The van der Waals surface area contributed by atoms with Gasteiger partial charge in [-0.1, -0.05) is 13.0 Å². The van der Waals surface area contributed by atoms with Gasteiger partial charge in [0.25, 0.3) is 0 Å². The molecule has 0 aliphatic heterocycles. The Morgan fingerprint density at radius 1 is 1.50 bits per heavy atom. The SMILES string of the molecule is CCCC(=O)Nc1cccc(OCCCC#N)c1. The van der Waals surface area contributed by atoms with Crippen LogP contribution >= 0.6 is 0 Å². The molecule has 1 aromatic carbocycles. The molecule has 0 heterocycles. The van der Waals surface area contributed by atoms with Crippen LogP contribution in [0.2, 0.25) is 0 Å². The maximum atomic E-state index is 11.4. The monoisotopic (exact) mass is 246 g/mol. The molecule has 1 amide bonds. The van der Waals surface area contributed by atoms with Crippen LogP contribution in [0.5, 0.6) is 5.75 Å². The molecular formula is C14H18N2O2. The number of benzene rings is 1. The Labute approximate surface area is 108 Å². The maximum absolute atomic E-state index is 11.4. The van der Waals surface area contributed by atoms with Crippen molar-refractivity contribution < 1.29 is 9.53 Å². The van der Waals surface area contributed by atoms with Gasteiger partial charge in [0.2, 0.25) is 5.91 Å². The molecule has 0 spiro atoms. The lowest BCUT2D eigenvalue weighted by atomic mass is 10.2. The van der Waals surface area contributed by atoms with E-state index in [9.17, 15) is 4.79 Å². The highest BCUT2D eigenvalue weighted by atomic mass is 16.5. The van der Waals surface area contributed by atoms with Crippen molar-refractivity contribution >= 4 is 11.6 Å². The molecule has 1 aromatic rings. The van der Waals surface area contributed by atoms with E-state index in [1.165, 1.54) is 0 Å². The highest BCUT2D eigenvalue weighted by Gasteiger charge is 2.01. The summed E-state index contributed by atoms with van der Waals surface area (Å²) in [5, 5.41) is 11.2. The maximum Gasteiger partial charge on any atom is 0.224 e. The van der Waals surface area contributed by atoms with Crippen LogP contribution in [0.25, 0.3) is 0 Å². The zero-order valence-corrected chi connectivity index (χ0v) is 10.6. The number of carbonyl (C=O) groups is 1. The minimum Gasteiger partial charge on any atom is -0.493 e. The van der Waals surface area contributed by atoms with Gasteiger partial charge < -0.3 is 10.1 Å². The number of hydrogen-bond donors (Lipinski definition) is 1. The van der Waals surface area contributed by atoms with E-state index >= 15 is 0 Å². The quantitative estimate of drug-likeness (QED) is 0.752. The Morgan fingerprint density at radius 3 is 3.06 bits per heavy atom. The Bertz CT molecular complexity index is 424. The molecule has 18 heavy (non-hydrogen) atoms. The number of hydrogen-bond acceptors (Lipinski definition) is 3. The number of ether oxygens (including phenoxy) is 1. The first-order valence-corrected chi connectivity index (χ1v) is 6.16. The van der Waals surface area contributed by atoms with Gasteiger partial charge in [0.1, 0.15) is 5.75 Å². The van der Waals surface area contributed by atoms with Gasteiger partial charge in [-0.3, -0.25) is 4.79 Å². The first-order chi connectivity index (χ1) is 8.76. The van der Waals surface area contributed by atoms with Crippen LogP contribution in [0.4, 0.5) is 5.69 Å². The Morgan fingerprint density at radius 2 is 2.33 bits per heavy atom. The Balaban J connectivity index is 2.46. The number of nitrogens with one attached hydrogen (secondary N) is 1. The van der Waals surface area contributed by atoms with Crippen molar-refractivity contribution in [3.8, 4) is 11.8 Å². The van der Waals surface area contributed by atoms with Crippen molar-refractivity contribution in [3.05, 3.63) is 24.3 Å². The second-order valence-electron chi connectivity index (χ2n) is 3.94. The van der Waals surface area contributed by atoms with Crippen LogP contribution in [0, 0.1) is 11.3 Å². The average molecular weight is 246 g/mol. The Kier molecular flexibility index (Phi) is 6.34. The molecule has 0 atom stereocenters. The topological polar surface area (TPSA) is 62.1 Å². The molecule has 96 valence electrons. The molecule has 0 bridgehead atoms. The van der Waals surface area contributed by atoms with E-state index in [0.717, 1.165) is 12.1 Å². The fraction of sp³-hybridized carbons (Fsp3) is 0.429. The molecule has 0 saturated carbocycles. The molecular weight excluding hydrogens is 228 g/mol. The molecule has 0 aromatic heterocycles. The number of carbonyl (C=O) groups excluding carboxylic acids is 1. The fourth-order valence-corrected chi connectivity index (χ4v) is 1.46. The summed E-state index contributed by atoms with van der Waals surface area (Å²) in [7, 11) is 0. The van der Waals surface area contributed by atoms with Crippen molar-refractivity contribution in [2.75, 3.05) is 11.9 Å². The van der Waals surface area contributed by atoms with Gasteiger partial charge >= 0.3 is 0 Å². The lowest BCUT2D eigenvalue weighted by molar-refractivity contribution is -0.116. The van der Waals surface area contributed by atoms with Gasteiger partial charge in [-0.25, -0.2) is 0 Å². The van der Waals surface area contributed by atoms with Crippen molar-refractivity contribution in [1.82, 2.24) is 0 Å². The van der Waals surface area contributed by atoms with Crippen molar-refractivity contribution in [3.63, 3.8) is 0 Å². The molecule has 4 heteroatoms. The minimum atomic E-state index is 0.0131. The van der Waals surface area contributed by atoms with E-state index in [1.54, 1.807) is 6.07 Å². The molecule has 1 N–H and O–H groups in total. The van der Waals surface area contributed by atoms with E-state index in [-0.39, 0.29) is 5.91 Å². The number of nitriles is 1. The summed E-state index contributed by atoms with van der Waals surface area (Å²) in [5.74, 6) is 0.723.